The lowest BCUT2D eigenvalue weighted by Gasteiger charge is -2.05. The second-order valence-corrected chi connectivity index (χ2v) is 8.78. The summed E-state index contributed by atoms with van der Waals surface area (Å²) in [6.45, 7) is 0. The van der Waals surface area contributed by atoms with Crippen LogP contribution in [0.25, 0.3) is 22.3 Å². The molecule has 11 nitrogen and oxygen atoms in total. The Morgan fingerprint density at radius 1 is 1.21 bits per heavy atom. The molecular weight excluding hydrogens is 549 g/mol. The number of benzene rings is 2. The number of nitrogens with one attached hydrogen (secondary N) is 2. The lowest BCUT2D eigenvalue weighted by Crippen LogP contribution is -2.21. The van der Waals surface area contributed by atoms with Crippen LogP contribution in [-0.4, -0.2) is 57.6 Å². The Morgan fingerprint density at radius 3 is 2.66 bits per heavy atom. The molecule has 38 heavy (non-hydrogen) atoms. The first-order valence-electron chi connectivity index (χ1n) is 10.5. The number of halogens is 4. The van der Waals surface area contributed by atoms with Gasteiger partial charge in [0.2, 0.25) is 5.13 Å². The number of aryl methyl sites for hydroxylation is 1. The van der Waals surface area contributed by atoms with E-state index in [2.05, 4.69) is 35.2 Å². The molecule has 0 radical (unpaired) electrons. The van der Waals surface area contributed by atoms with Crippen LogP contribution in [0.1, 0.15) is 16.1 Å². The number of aromatic nitrogens is 7. The standard InChI is InChI=1S/C20H15ClN8OS.C2HF3O2/c1-29-16(10-23-28-29)17(30)8-11-3-2-4-12(7-11)19-25-20(31-27-19)24-15-6-5-14-13(18(15)21)9-22-26-14;3-2(4,5)1(6)7/h2-7,9-10H,8H2,1H3,(H,22,26)(H,24,25,27);(H,6,7). The van der Waals surface area contributed by atoms with E-state index in [1.807, 2.05) is 36.4 Å². The van der Waals surface area contributed by atoms with Crippen molar-refractivity contribution in [2.24, 2.45) is 7.05 Å². The molecular formula is C22H16ClF3N8O3S. The first kappa shape index (κ1) is 26.7. The number of H-pyrrole nitrogens is 1. The monoisotopic (exact) mass is 564 g/mol. The highest BCUT2D eigenvalue weighted by Gasteiger charge is 2.38. The van der Waals surface area contributed by atoms with E-state index >= 15 is 0 Å². The number of hydrogen-bond acceptors (Lipinski definition) is 9. The van der Waals surface area contributed by atoms with Crippen molar-refractivity contribution in [2.45, 2.75) is 12.6 Å². The van der Waals surface area contributed by atoms with Gasteiger partial charge in [-0.1, -0.05) is 35.0 Å². The van der Waals surface area contributed by atoms with Gasteiger partial charge in [0.15, 0.2) is 11.6 Å². The number of carbonyl (C=O) groups excluding carboxylic acids is 1. The Hall–Kier alpha value is -4.37. The third-order valence-corrected chi connectivity index (χ3v) is 6.06. The zero-order chi connectivity index (χ0) is 27.4. The van der Waals surface area contributed by atoms with E-state index in [1.54, 1.807) is 13.2 Å². The number of ketones is 1. The maximum atomic E-state index is 12.5. The van der Waals surface area contributed by atoms with Gasteiger partial charge in [-0.25, -0.2) is 9.48 Å². The van der Waals surface area contributed by atoms with Gasteiger partial charge in [0.25, 0.3) is 0 Å². The maximum absolute atomic E-state index is 12.5. The Morgan fingerprint density at radius 2 is 1.97 bits per heavy atom. The minimum atomic E-state index is -5.08. The van der Waals surface area contributed by atoms with Crippen molar-refractivity contribution in [3.05, 3.63) is 65.1 Å². The van der Waals surface area contributed by atoms with Crippen molar-refractivity contribution in [3.8, 4) is 11.4 Å². The van der Waals surface area contributed by atoms with Crippen molar-refractivity contribution in [1.29, 1.82) is 0 Å². The first-order chi connectivity index (χ1) is 18.0. The van der Waals surface area contributed by atoms with Crippen molar-refractivity contribution in [2.75, 3.05) is 5.32 Å². The van der Waals surface area contributed by atoms with Crippen LogP contribution >= 0.6 is 23.1 Å². The minimum Gasteiger partial charge on any atom is -0.475 e. The third kappa shape index (κ3) is 6.12. The molecule has 0 aliphatic heterocycles. The van der Waals surface area contributed by atoms with Gasteiger partial charge in [-0.2, -0.15) is 27.6 Å². The summed E-state index contributed by atoms with van der Waals surface area (Å²) >= 11 is 7.70. The molecule has 5 aromatic rings. The van der Waals surface area contributed by atoms with Crippen LogP contribution in [-0.2, 0) is 18.3 Å². The fraction of sp³-hybridized carbons (Fsp3) is 0.136. The van der Waals surface area contributed by atoms with Gasteiger partial charge in [-0.15, -0.1) is 5.10 Å². The van der Waals surface area contributed by atoms with E-state index in [1.165, 1.54) is 22.4 Å². The fourth-order valence-electron chi connectivity index (χ4n) is 3.22. The Bertz CT molecular complexity index is 1610. The highest BCUT2D eigenvalue weighted by atomic mass is 35.5. The Balaban J connectivity index is 0.000000426. The van der Waals surface area contributed by atoms with Crippen molar-refractivity contribution >= 4 is 56.6 Å². The van der Waals surface area contributed by atoms with Crippen molar-refractivity contribution < 1.29 is 27.9 Å². The van der Waals surface area contributed by atoms with Gasteiger partial charge in [-0.05, 0) is 23.8 Å². The van der Waals surface area contributed by atoms with E-state index in [0.29, 0.717) is 21.7 Å². The summed E-state index contributed by atoms with van der Waals surface area (Å²) in [6, 6.07) is 11.4. The second kappa shape index (κ2) is 10.9. The SMILES string of the molecule is Cn1nncc1C(=O)Cc1cccc(-c2nsc(Nc3ccc4[nH]ncc4c3Cl)n2)c1.O=C(O)C(F)(F)F. The van der Waals surface area contributed by atoms with E-state index in [4.69, 9.17) is 21.5 Å². The van der Waals surface area contributed by atoms with Crippen molar-refractivity contribution in [3.63, 3.8) is 0 Å². The number of hydrogen-bond donors (Lipinski definition) is 3. The third-order valence-electron chi connectivity index (χ3n) is 5.02. The second-order valence-electron chi connectivity index (χ2n) is 7.65. The van der Waals surface area contributed by atoms with Crippen LogP contribution in [0.3, 0.4) is 0 Å². The number of nitrogens with zero attached hydrogens (tertiary/aromatic N) is 6. The van der Waals surface area contributed by atoms with E-state index < -0.39 is 12.1 Å². The van der Waals surface area contributed by atoms with Gasteiger partial charge >= 0.3 is 12.1 Å². The molecule has 0 fully saturated rings. The molecule has 3 aromatic heterocycles. The Kier molecular flexibility index (Phi) is 7.68. The quantitative estimate of drug-likeness (QED) is 0.250. The number of fused-ring (bicyclic) bond motifs is 1. The number of anilines is 2. The summed E-state index contributed by atoms with van der Waals surface area (Å²) in [5.41, 5.74) is 3.75. The molecule has 0 amide bonds. The number of rotatable bonds is 6. The topological polar surface area (TPSA) is 152 Å². The lowest BCUT2D eigenvalue weighted by molar-refractivity contribution is -0.192. The zero-order valence-electron chi connectivity index (χ0n) is 19.2. The van der Waals surface area contributed by atoms with Gasteiger partial charge in [0, 0.05) is 36.0 Å². The Labute approximate surface area is 220 Å². The predicted molar refractivity (Wildman–Crippen MR) is 132 cm³/mol. The molecule has 0 atom stereocenters. The molecule has 5 rings (SSSR count). The van der Waals surface area contributed by atoms with Crippen LogP contribution in [0.15, 0.2) is 48.8 Å². The summed E-state index contributed by atoms with van der Waals surface area (Å²) in [5.74, 6) is -2.24. The van der Waals surface area contributed by atoms with Crippen LogP contribution < -0.4 is 5.32 Å². The molecule has 0 bridgehead atoms. The van der Waals surface area contributed by atoms with Gasteiger partial charge in [-0.3, -0.25) is 9.89 Å². The molecule has 3 heterocycles. The van der Waals surface area contributed by atoms with Crippen LogP contribution in [0.4, 0.5) is 24.0 Å². The summed E-state index contributed by atoms with van der Waals surface area (Å²) in [7, 11) is 1.70. The van der Waals surface area contributed by atoms with E-state index in [-0.39, 0.29) is 12.2 Å². The highest BCUT2D eigenvalue weighted by molar-refractivity contribution is 7.10. The number of aromatic amines is 1. The van der Waals surface area contributed by atoms with Gasteiger partial charge in [0.1, 0.15) is 5.69 Å². The first-order valence-corrected chi connectivity index (χ1v) is 11.7. The fourth-order valence-corrected chi connectivity index (χ4v) is 4.09. The van der Waals surface area contributed by atoms with Crippen LogP contribution in [0.2, 0.25) is 5.02 Å². The van der Waals surface area contributed by atoms with Gasteiger partial charge in [0.05, 0.1) is 28.6 Å². The zero-order valence-corrected chi connectivity index (χ0v) is 20.8. The number of Topliss-reactive ketones (excluding diaryl/α,β-unsaturated/α-hetero) is 1. The van der Waals surface area contributed by atoms with Gasteiger partial charge < -0.3 is 10.4 Å². The maximum Gasteiger partial charge on any atom is 0.490 e. The molecule has 2 aromatic carbocycles. The molecule has 0 spiro atoms. The number of carboxylic acids is 1. The molecule has 0 aliphatic rings. The van der Waals surface area contributed by atoms with Crippen LogP contribution in [0, 0.1) is 0 Å². The minimum absolute atomic E-state index is 0.0532. The molecule has 196 valence electrons. The molecule has 0 saturated heterocycles. The lowest BCUT2D eigenvalue weighted by atomic mass is 10.0. The summed E-state index contributed by atoms with van der Waals surface area (Å²) in [5, 5.41) is 26.8. The highest BCUT2D eigenvalue weighted by Crippen LogP contribution is 2.33. The number of alkyl halides is 3. The molecule has 0 unspecified atom stereocenters. The normalized spacial score (nSPS) is 11.2. The average molecular weight is 565 g/mol. The van der Waals surface area contributed by atoms with E-state index in [0.717, 1.165) is 27.7 Å². The van der Waals surface area contributed by atoms with Crippen LogP contribution in [0.5, 0.6) is 0 Å². The predicted octanol–water partition coefficient (Wildman–Crippen LogP) is 4.67. The van der Waals surface area contributed by atoms with E-state index in [9.17, 15) is 18.0 Å². The molecule has 0 aliphatic carbocycles. The smallest absolute Gasteiger partial charge is 0.475 e. The summed E-state index contributed by atoms with van der Waals surface area (Å²) in [4.78, 5) is 26.0. The molecule has 16 heteroatoms. The number of aliphatic carboxylic acids is 1. The molecule has 0 saturated carbocycles. The summed E-state index contributed by atoms with van der Waals surface area (Å²) in [6.07, 6.45) is -1.69. The number of carbonyl (C=O) groups is 2. The number of carboxylic acid groups (broad SMARTS) is 1. The average Bonchev–Trinajstić information content (AvgIpc) is 3.62. The van der Waals surface area contributed by atoms with Crippen molar-refractivity contribution in [1.82, 2.24) is 34.5 Å². The molecule has 3 N–H and O–H groups in total. The largest absolute Gasteiger partial charge is 0.490 e. The summed E-state index contributed by atoms with van der Waals surface area (Å²) < 4.78 is 37.7.